The average molecular weight is 392 g/mol. The number of piperazine rings is 1. The highest BCUT2D eigenvalue weighted by molar-refractivity contribution is 8.01. The van der Waals surface area contributed by atoms with E-state index in [2.05, 4.69) is 49.0 Å². The molecule has 2 fully saturated rings. The molecule has 1 unspecified atom stereocenters. The molecule has 1 aliphatic carbocycles. The molecule has 142 valence electrons. The Morgan fingerprint density at radius 2 is 2.07 bits per heavy atom. The highest BCUT2D eigenvalue weighted by Crippen LogP contribution is 2.47. The van der Waals surface area contributed by atoms with E-state index in [1.165, 1.54) is 10.5 Å². The van der Waals surface area contributed by atoms with Crippen molar-refractivity contribution in [2.75, 3.05) is 24.5 Å². The van der Waals surface area contributed by atoms with Gasteiger partial charge in [0.1, 0.15) is 17.8 Å². The van der Waals surface area contributed by atoms with Crippen LogP contribution in [0.4, 0.5) is 5.82 Å². The number of benzene rings is 1. The van der Waals surface area contributed by atoms with Crippen LogP contribution in [0.2, 0.25) is 0 Å². The molecular formula is C21H21N5OS. The highest BCUT2D eigenvalue weighted by Gasteiger charge is 2.54. The van der Waals surface area contributed by atoms with Gasteiger partial charge >= 0.3 is 0 Å². The number of carbonyl (C=O) groups is 1. The Morgan fingerprint density at radius 1 is 1.18 bits per heavy atom. The molecule has 0 radical (unpaired) electrons. The van der Waals surface area contributed by atoms with Gasteiger partial charge < -0.3 is 14.8 Å². The number of carbonyl (C=O) groups excluding carboxylic acids is 1. The Hall–Kier alpha value is -2.54. The number of hydrogen-bond acceptors (Lipinski definition) is 5. The summed E-state index contributed by atoms with van der Waals surface area (Å²) in [7, 11) is 0. The summed E-state index contributed by atoms with van der Waals surface area (Å²) in [6.45, 7) is 2.44. The van der Waals surface area contributed by atoms with Crippen LogP contribution in [-0.4, -0.2) is 56.2 Å². The number of anilines is 1. The zero-order valence-corrected chi connectivity index (χ0v) is 16.3. The Balaban J connectivity index is 1.23. The number of amides is 1. The normalized spacial score (nSPS) is 22.6. The molecule has 7 heteroatoms. The quantitative estimate of drug-likeness (QED) is 0.728. The summed E-state index contributed by atoms with van der Waals surface area (Å²) in [6.07, 6.45) is 6.55. The maximum Gasteiger partial charge on any atom is 0.236 e. The number of nitrogens with one attached hydrogen (secondary N) is 1. The maximum atomic E-state index is 13.4. The molecule has 28 heavy (non-hydrogen) atoms. The molecule has 6 rings (SSSR count). The van der Waals surface area contributed by atoms with Gasteiger partial charge in [0, 0.05) is 30.7 Å². The van der Waals surface area contributed by atoms with Crippen molar-refractivity contribution < 1.29 is 4.79 Å². The second-order valence-electron chi connectivity index (χ2n) is 7.99. The van der Waals surface area contributed by atoms with Gasteiger partial charge in [-0.05, 0) is 37.0 Å². The van der Waals surface area contributed by atoms with Gasteiger partial charge in [0.15, 0.2) is 0 Å². The molecule has 1 N–H and O–H groups in total. The van der Waals surface area contributed by atoms with Crippen LogP contribution in [0.3, 0.4) is 0 Å². The van der Waals surface area contributed by atoms with Gasteiger partial charge in [-0.3, -0.25) is 4.79 Å². The van der Waals surface area contributed by atoms with E-state index in [1.54, 1.807) is 18.1 Å². The van der Waals surface area contributed by atoms with Crippen molar-refractivity contribution in [3.05, 3.63) is 48.4 Å². The molecule has 1 aromatic carbocycles. The summed E-state index contributed by atoms with van der Waals surface area (Å²) in [5.74, 6) is 1.29. The van der Waals surface area contributed by atoms with Crippen molar-refractivity contribution in [2.45, 2.75) is 34.9 Å². The minimum atomic E-state index is -0.0156. The van der Waals surface area contributed by atoms with Crippen LogP contribution in [0.25, 0.3) is 11.0 Å². The number of hydrogen-bond donors (Lipinski definition) is 1. The fraction of sp³-hybridized carbons (Fsp3) is 0.381. The predicted molar refractivity (Wildman–Crippen MR) is 110 cm³/mol. The fourth-order valence-electron chi connectivity index (χ4n) is 4.68. The molecule has 0 bridgehead atoms. The van der Waals surface area contributed by atoms with Gasteiger partial charge in [0.2, 0.25) is 5.91 Å². The smallest absolute Gasteiger partial charge is 0.236 e. The lowest BCUT2D eigenvalue weighted by molar-refractivity contribution is -0.134. The van der Waals surface area contributed by atoms with E-state index < -0.39 is 0 Å². The lowest BCUT2D eigenvalue weighted by atomic mass is 10.1. The first-order valence-electron chi connectivity index (χ1n) is 9.83. The van der Waals surface area contributed by atoms with Gasteiger partial charge in [0.05, 0.1) is 16.2 Å². The van der Waals surface area contributed by atoms with E-state index in [9.17, 15) is 4.79 Å². The van der Waals surface area contributed by atoms with Crippen molar-refractivity contribution in [1.29, 1.82) is 0 Å². The van der Waals surface area contributed by atoms with Crippen LogP contribution in [-0.2, 0) is 11.2 Å². The second-order valence-corrected chi connectivity index (χ2v) is 9.24. The van der Waals surface area contributed by atoms with Crippen molar-refractivity contribution in [2.24, 2.45) is 0 Å². The van der Waals surface area contributed by atoms with Gasteiger partial charge in [-0.2, -0.15) is 0 Å². The molecule has 1 saturated carbocycles. The third kappa shape index (κ3) is 2.45. The molecule has 3 aliphatic rings. The van der Waals surface area contributed by atoms with Crippen molar-refractivity contribution in [3.8, 4) is 0 Å². The SMILES string of the molecule is O=C(C1Cc2ccccc2S1)N1CCN(c2ncnc3[nH]ccc23)CC12CC2. The standard InChI is InChI=1S/C21H21N5OS/c27-20(17-11-14-3-1-2-4-16(14)28-17)26-10-9-25(12-21(26)6-7-21)19-15-5-8-22-18(15)23-13-24-19/h1-5,8,13,17H,6-7,9-12H2,(H,22,23,24). The molecule has 3 aromatic rings. The fourth-order valence-corrected chi connectivity index (χ4v) is 5.94. The molecule has 6 nitrogen and oxygen atoms in total. The summed E-state index contributed by atoms with van der Waals surface area (Å²) in [6, 6.07) is 10.4. The third-order valence-corrected chi connectivity index (χ3v) is 7.60. The monoisotopic (exact) mass is 391 g/mol. The number of rotatable bonds is 2. The van der Waals surface area contributed by atoms with Gasteiger partial charge in [-0.1, -0.05) is 18.2 Å². The average Bonchev–Trinajstić information content (AvgIpc) is 3.16. The van der Waals surface area contributed by atoms with Crippen molar-refractivity contribution >= 4 is 34.5 Å². The maximum absolute atomic E-state index is 13.4. The van der Waals surface area contributed by atoms with Gasteiger partial charge in [-0.15, -0.1) is 11.8 Å². The number of nitrogens with zero attached hydrogens (tertiary/aromatic N) is 4. The summed E-state index contributed by atoms with van der Waals surface area (Å²) in [4.78, 5) is 31.2. The summed E-state index contributed by atoms with van der Waals surface area (Å²) < 4.78 is 0. The summed E-state index contributed by atoms with van der Waals surface area (Å²) in [5.41, 5.74) is 2.16. The zero-order valence-electron chi connectivity index (χ0n) is 15.5. The van der Waals surface area contributed by atoms with Crippen molar-refractivity contribution in [3.63, 3.8) is 0 Å². The van der Waals surface area contributed by atoms with E-state index in [0.717, 1.165) is 55.7 Å². The molecule has 4 heterocycles. The zero-order chi connectivity index (χ0) is 18.7. The molecule has 1 spiro atoms. The van der Waals surface area contributed by atoms with E-state index in [1.807, 2.05) is 12.3 Å². The van der Waals surface area contributed by atoms with Crippen LogP contribution in [0.15, 0.2) is 47.8 Å². The van der Waals surface area contributed by atoms with Crippen molar-refractivity contribution in [1.82, 2.24) is 19.9 Å². The predicted octanol–water partition coefficient (Wildman–Crippen LogP) is 2.86. The van der Waals surface area contributed by atoms with Gasteiger partial charge in [0.25, 0.3) is 0 Å². The Bertz CT molecular complexity index is 1050. The largest absolute Gasteiger partial charge is 0.352 e. The number of thioether (sulfide) groups is 1. The minimum absolute atomic E-state index is 0.0156. The number of aromatic amines is 1. The molecule has 2 aliphatic heterocycles. The van der Waals surface area contributed by atoms with Crippen LogP contribution < -0.4 is 4.90 Å². The number of fused-ring (bicyclic) bond motifs is 2. The first-order valence-corrected chi connectivity index (χ1v) is 10.7. The molecule has 2 aromatic heterocycles. The van der Waals surface area contributed by atoms with Crippen LogP contribution in [0.5, 0.6) is 0 Å². The van der Waals surface area contributed by atoms with E-state index >= 15 is 0 Å². The Labute approximate surface area is 167 Å². The Kier molecular flexibility index (Phi) is 3.50. The van der Waals surface area contributed by atoms with Crippen LogP contribution in [0, 0.1) is 0 Å². The molecule has 1 saturated heterocycles. The summed E-state index contributed by atoms with van der Waals surface area (Å²) >= 11 is 1.74. The Morgan fingerprint density at radius 3 is 2.93 bits per heavy atom. The molecular weight excluding hydrogens is 370 g/mol. The molecule has 1 atom stereocenters. The number of H-pyrrole nitrogens is 1. The third-order valence-electron chi connectivity index (χ3n) is 6.30. The summed E-state index contributed by atoms with van der Waals surface area (Å²) in [5, 5.41) is 1.08. The van der Waals surface area contributed by atoms with E-state index in [-0.39, 0.29) is 10.8 Å². The topological polar surface area (TPSA) is 65.1 Å². The molecule has 1 amide bonds. The van der Waals surface area contributed by atoms with E-state index in [0.29, 0.717) is 5.91 Å². The second kappa shape index (κ2) is 5.98. The lowest BCUT2D eigenvalue weighted by Gasteiger charge is -2.43. The van der Waals surface area contributed by atoms with Gasteiger partial charge in [-0.25, -0.2) is 9.97 Å². The first kappa shape index (κ1) is 16.4. The number of aromatic nitrogens is 3. The highest BCUT2D eigenvalue weighted by atomic mass is 32.2. The van der Waals surface area contributed by atoms with Crippen LogP contribution >= 0.6 is 11.8 Å². The van der Waals surface area contributed by atoms with E-state index in [4.69, 9.17) is 0 Å². The minimum Gasteiger partial charge on any atom is -0.352 e. The lowest BCUT2D eigenvalue weighted by Crippen LogP contribution is -2.59. The van der Waals surface area contributed by atoms with Crippen LogP contribution in [0.1, 0.15) is 18.4 Å². The first-order chi connectivity index (χ1) is 13.7.